The van der Waals surface area contributed by atoms with E-state index < -0.39 is 0 Å². The molecule has 2 heterocycles. The van der Waals surface area contributed by atoms with Crippen LogP contribution in [0.15, 0.2) is 42.9 Å². The van der Waals surface area contributed by atoms with Crippen LogP contribution in [-0.4, -0.2) is 26.1 Å². The van der Waals surface area contributed by atoms with Gasteiger partial charge in [-0.15, -0.1) is 0 Å². The van der Waals surface area contributed by atoms with Crippen LogP contribution >= 0.6 is 0 Å². The second kappa shape index (κ2) is 4.25. The fourth-order valence-electron chi connectivity index (χ4n) is 1.68. The molecule has 0 saturated carbocycles. The van der Waals surface area contributed by atoms with Crippen LogP contribution < -0.4 is 5.32 Å². The summed E-state index contributed by atoms with van der Waals surface area (Å²) >= 11 is 0. The summed E-state index contributed by atoms with van der Waals surface area (Å²) in [6.07, 6.45) is 4.53. The number of hydrogen-bond acceptors (Lipinski definition) is 4. The van der Waals surface area contributed by atoms with Crippen molar-refractivity contribution in [2.24, 2.45) is 0 Å². The predicted octanol–water partition coefficient (Wildman–Crippen LogP) is 1.61. The summed E-state index contributed by atoms with van der Waals surface area (Å²) in [6, 6.07) is 7.44. The van der Waals surface area contributed by atoms with Gasteiger partial charge in [-0.05, 0) is 6.07 Å². The van der Waals surface area contributed by atoms with E-state index in [1.165, 1.54) is 12.4 Å². The summed E-state index contributed by atoms with van der Waals surface area (Å²) in [5, 5.41) is 10.2. The molecule has 6 nitrogen and oxygen atoms in total. The van der Waals surface area contributed by atoms with E-state index >= 15 is 0 Å². The van der Waals surface area contributed by atoms with Gasteiger partial charge in [0.25, 0.3) is 5.91 Å². The first-order valence-electron chi connectivity index (χ1n) is 5.35. The molecule has 6 heteroatoms. The molecule has 3 aromatic rings. The number of aromatic nitrogens is 4. The first-order valence-corrected chi connectivity index (χ1v) is 5.35. The fraction of sp³-hybridized carbons (Fsp3) is 0. The molecular weight excluding hydrogens is 230 g/mol. The monoisotopic (exact) mass is 239 g/mol. The molecule has 0 saturated heterocycles. The van der Waals surface area contributed by atoms with Crippen molar-refractivity contribution in [3.05, 3.63) is 48.5 Å². The Morgan fingerprint density at radius 2 is 2.11 bits per heavy atom. The van der Waals surface area contributed by atoms with Crippen molar-refractivity contribution in [3.8, 4) is 0 Å². The summed E-state index contributed by atoms with van der Waals surface area (Å²) in [7, 11) is 0. The topological polar surface area (TPSA) is 83.6 Å². The molecule has 0 radical (unpaired) electrons. The molecule has 0 bridgehead atoms. The van der Waals surface area contributed by atoms with Crippen LogP contribution in [0.4, 0.5) is 5.82 Å². The van der Waals surface area contributed by atoms with Gasteiger partial charge in [-0.3, -0.25) is 14.9 Å². The SMILES string of the molecule is O=C(Nc1cnccn1)c1n[nH]c2ccccc12. The average Bonchev–Trinajstić information content (AvgIpc) is 2.84. The van der Waals surface area contributed by atoms with Gasteiger partial charge in [0.2, 0.25) is 0 Å². The van der Waals surface area contributed by atoms with E-state index in [1.807, 2.05) is 24.3 Å². The quantitative estimate of drug-likeness (QED) is 0.711. The maximum absolute atomic E-state index is 12.0. The highest BCUT2D eigenvalue weighted by Crippen LogP contribution is 2.15. The Labute approximate surface area is 102 Å². The van der Waals surface area contributed by atoms with Crippen LogP contribution in [-0.2, 0) is 0 Å². The van der Waals surface area contributed by atoms with E-state index in [0.717, 1.165) is 10.9 Å². The third kappa shape index (κ3) is 1.80. The maximum Gasteiger partial charge on any atom is 0.277 e. The Balaban J connectivity index is 1.93. The molecule has 2 aromatic heterocycles. The number of carbonyl (C=O) groups excluding carboxylic acids is 1. The lowest BCUT2D eigenvalue weighted by molar-refractivity contribution is 0.102. The van der Waals surface area contributed by atoms with Gasteiger partial charge in [0, 0.05) is 17.8 Å². The second-order valence-corrected chi connectivity index (χ2v) is 3.66. The standard InChI is InChI=1S/C12H9N5O/c18-12(15-10-7-13-5-6-14-10)11-8-3-1-2-4-9(8)16-17-11/h1-7H,(H,16,17)(H,14,15,18). The van der Waals surface area contributed by atoms with E-state index in [9.17, 15) is 4.79 Å². The third-order valence-corrected chi connectivity index (χ3v) is 2.49. The molecule has 0 aliphatic rings. The molecule has 0 atom stereocenters. The van der Waals surface area contributed by atoms with Crippen molar-refractivity contribution < 1.29 is 4.79 Å². The minimum atomic E-state index is -0.312. The largest absolute Gasteiger partial charge is 0.304 e. The van der Waals surface area contributed by atoms with E-state index in [2.05, 4.69) is 25.5 Å². The first kappa shape index (κ1) is 10.4. The fourth-order valence-corrected chi connectivity index (χ4v) is 1.68. The highest BCUT2D eigenvalue weighted by Gasteiger charge is 2.14. The molecule has 0 spiro atoms. The van der Waals surface area contributed by atoms with Crippen LogP contribution in [0.3, 0.4) is 0 Å². The summed E-state index contributed by atoms with van der Waals surface area (Å²) in [5.74, 6) is 0.0857. The molecule has 3 rings (SSSR count). The summed E-state index contributed by atoms with van der Waals surface area (Å²) < 4.78 is 0. The number of rotatable bonds is 2. The lowest BCUT2D eigenvalue weighted by Gasteiger charge is -2.00. The molecule has 2 N–H and O–H groups in total. The Bertz CT molecular complexity index is 692. The van der Waals surface area contributed by atoms with E-state index in [0.29, 0.717) is 11.5 Å². The maximum atomic E-state index is 12.0. The number of benzene rings is 1. The van der Waals surface area contributed by atoms with Crippen molar-refractivity contribution in [1.82, 2.24) is 20.2 Å². The molecule has 88 valence electrons. The van der Waals surface area contributed by atoms with E-state index in [1.54, 1.807) is 6.20 Å². The van der Waals surface area contributed by atoms with Crippen LogP contribution in [0.2, 0.25) is 0 Å². The third-order valence-electron chi connectivity index (χ3n) is 2.49. The smallest absolute Gasteiger partial charge is 0.277 e. The molecular formula is C12H9N5O. The molecule has 0 unspecified atom stereocenters. The molecule has 1 aromatic carbocycles. The zero-order valence-corrected chi connectivity index (χ0v) is 9.29. The van der Waals surface area contributed by atoms with Gasteiger partial charge in [0.15, 0.2) is 11.5 Å². The number of fused-ring (bicyclic) bond motifs is 1. The van der Waals surface area contributed by atoms with Gasteiger partial charge >= 0.3 is 0 Å². The Morgan fingerprint density at radius 1 is 1.22 bits per heavy atom. The lowest BCUT2D eigenvalue weighted by atomic mass is 10.2. The minimum Gasteiger partial charge on any atom is -0.304 e. The Hall–Kier alpha value is -2.76. The zero-order valence-electron chi connectivity index (χ0n) is 9.29. The van der Waals surface area contributed by atoms with Crippen molar-refractivity contribution >= 4 is 22.6 Å². The number of nitrogens with one attached hydrogen (secondary N) is 2. The van der Waals surface area contributed by atoms with Crippen LogP contribution in [0, 0.1) is 0 Å². The highest BCUT2D eigenvalue weighted by atomic mass is 16.2. The highest BCUT2D eigenvalue weighted by molar-refractivity contribution is 6.10. The molecule has 0 aliphatic heterocycles. The molecule has 0 fully saturated rings. The predicted molar refractivity (Wildman–Crippen MR) is 66.1 cm³/mol. The molecule has 18 heavy (non-hydrogen) atoms. The lowest BCUT2D eigenvalue weighted by Crippen LogP contribution is -2.13. The molecule has 0 aliphatic carbocycles. The first-order chi connectivity index (χ1) is 8.84. The number of amides is 1. The van der Waals surface area contributed by atoms with Gasteiger partial charge in [-0.1, -0.05) is 18.2 Å². The summed E-state index contributed by atoms with van der Waals surface area (Å²) in [5.41, 5.74) is 1.16. The van der Waals surface area contributed by atoms with Crippen LogP contribution in [0.5, 0.6) is 0 Å². The Kier molecular flexibility index (Phi) is 2.45. The van der Waals surface area contributed by atoms with Gasteiger partial charge < -0.3 is 5.32 Å². The zero-order chi connectivity index (χ0) is 12.4. The number of nitrogens with zero attached hydrogens (tertiary/aromatic N) is 3. The van der Waals surface area contributed by atoms with E-state index in [4.69, 9.17) is 0 Å². The minimum absolute atomic E-state index is 0.312. The van der Waals surface area contributed by atoms with Crippen molar-refractivity contribution in [2.75, 3.05) is 5.32 Å². The average molecular weight is 239 g/mol. The summed E-state index contributed by atoms with van der Waals surface area (Å²) in [4.78, 5) is 19.9. The van der Waals surface area contributed by atoms with E-state index in [-0.39, 0.29) is 5.91 Å². The van der Waals surface area contributed by atoms with Gasteiger partial charge in [0.1, 0.15) is 0 Å². The van der Waals surface area contributed by atoms with Gasteiger partial charge in [-0.25, -0.2) is 4.98 Å². The van der Waals surface area contributed by atoms with Crippen molar-refractivity contribution in [2.45, 2.75) is 0 Å². The number of hydrogen-bond donors (Lipinski definition) is 2. The van der Waals surface area contributed by atoms with Crippen LogP contribution in [0.1, 0.15) is 10.5 Å². The second-order valence-electron chi connectivity index (χ2n) is 3.66. The normalized spacial score (nSPS) is 10.4. The number of carbonyl (C=O) groups is 1. The van der Waals surface area contributed by atoms with Crippen LogP contribution in [0.25, 0.3) is 10.9 Å². The van der Waals surface area contributed by atoms with Gasteiger partial charge in [-0.2, -0.15) is 5.10 Å². The number of aromatic amines is 1. The van der Waals surface area contributed by atoms with Crippen molar-refractivity contribution in [3.63, 3.8) is 0 Å². The van der Waals surface area contributed by atoms with Crippen molar-refractivity contribution in [1.29, 1.82) is 0 Å². The summed E-state index contributed by atoms with van der Waals surface area (Å²) in [6.45, 7) is 0. The Morgan fingerprint density at radius 3 is 2.94 bits per heavy atom. The number of anilines is 1. The molecule has 1 amide bonds. The number of para-hydroxylation sites is 1. The number of H-pyrrole nitrogens is 1. The van der Waals surface area contributed by atoms with Gasteiger partial charge in [0.05, 0.1) is 11.7 Å².